The average molecular weight is 492 g/mol. The van der Waals surface area contributed by atoms with Gasteiger partial charge in [-0.05, 0) is 46.8 Å². The molecular weight excluding hydrogens is 458 g/mol. The smallest absolute Gasteiger partial charge is 0.257 e. The Labute approximate surface area is 210 Å². The van der Waals surface area contributed by atoms with E-state index >= 15 is 0 Å². The molecule has 10 nitrogen and oxygen atoms in total. The van der Waals surface area contributed by atoms with Gasteiger partial charge in [-0.15, -0.1) is 0 Å². The minimum Gasteiger partial charge on any atom is -0.484 e. The van der Waals surface area contributed by atoms with Crippen LogP contribution in [0.15, 0.2) is 29.2 Å². The van der Waals surface area contributed by atoms with E-state index in [2.05, 4.69) is 41.7 Å². The molecule has 5 heterocycles. The van der Waals surface area contributed by atoms with Gasteiger partial charge in [0, 0.05) is 44.3 Å². The third-order valence-corrected chi connectivity index (χ3v) is 7.23. The molecule has 10 heteroatoms. The number of piperazine rings is 1. The van der Waals surface area contributed by atoms with Gasteiger partial charge >= 0.3 is 0 Å². The molecular formula is C26H33N7O3. The van der Waals surface area contributed by atoms with Crippen LogP contribution in [-0.4, -0.2) is 61.6 Å². The Morgan fingerprint density at radius 2 is 2.03 bits per heavy atom. The number of hydrogen-bond acceptors (Lipinski definition) is 8. The third-order valence-electron chi connectivity index (χ3n) is 7.23. The van der Waals surface area contributed by atoms with Crippen molar-refractivity contribution in [3.8, 4) is 17.7 Å². The zero-order valence-electron chi connectivity index (χ0n) is 21.7. The van der Waals surface area contributed by atoms with Crippen LogP contribution < -0.4 is 19.9 Å². The lowest BCUT2D eigenvalue weighted by Crippen LogP contribution is -2.57. The molecule has 0 aliphatic carbocycles. The number of aryl methyl sites for hydroxylation is 1. The molecule has 1 fully saturated rings. The number of nitriles is 1. The zero-order chi connectivity index (χ0) is 25.8. The highest BCUT2D eigenvalue weighted by Crippen LogP contribution is 2.37. The second-order valence-electron chi connectivity index (χ2n) is 10.6. The summed E-state index contributed by atoms with van der Waals surface area (Å²) in [5.74, 6) is 1.23. The van der Waals surface area contributed by atoms with E-state index in [1.807, 2.05) is 26.0 Å². The van der Waals surface area contributed by atoms with Crippen LogP contribution >= 0.6 is 0 Å². The van der Waals surface area contributed by atoms with Crippen LogP contribution in [0.4, 0.5) is 5.69 Å². The molecule has 2 aliphatic rings. The maximum Gasteiger partial charge on any atom is 0.257 e. The van der Waals surface area contributed by atoms with E-state index in [0.29, 0.717) is 18.2 Å². The van der Waals surface area contributed by atoms with Crippen molar-refractivity contribution in [2.75, 3.05) is 24.6 Å². The SMILES string of the molecule is CC(c1ccc2c(n1)OC(C)(C)CO2)N1C[C@H](C)N(c2cc(=O)n(C)c3cn(CC#N)nc23)C[C@H]1C. The van der Waals surface area contributed by atoms with Crippen molar-refractivity contribution < 1.29 is 9.47 Å². The quantitative estimate of drug-likeness (QED) is 0.549. The Morgan fingerprint density at radius 1 is 1.25 bits per heavy atom. The van der Waals surface area contributed by atoms with Gasteiger partial charge in [-0.1, -0.05) is 0 Å². The fourth-order valence-electron chi connectivity index (χ4n) is 5.21. The van der Waals surface area contributed by atoms with Crippen molar-refractivity contribution in [1.29, 1.82) is 5.26 Å². The molecule has 3 aromatic rings. The molecule has 36 heavy (non-hydrogen) atoms. The van der Waals surface area contributed by atoms with Crippen LogP contribution in [0, 0.1) is 11.3 Å². The highest BCUT2D eigenvalue weighted by Gasteiger charge is 2.35. The maximum absolute atomic E-state index is 12.8. The van der Waals surface area contributed by atoms with Gasteiger partial charge in [0.05, 0.1) is 29.2 Å². The third kappa shape index (κ3) is 4.17. The molecule has 1 saturated heterocycles. The molecule has 1 unspecified atom stereocenters. The summed E-state index contributed by atoms with van der Waals surface area (Å²) in [6.07, 6.45) is 1.77. The number of rotatable bonds is 4. The van der Waals surface area contributed by atoms with E-state index in [-0.39, 0.29) is 30.2 Å². The second-order valence-corrected chi connectivity index (χ2v) is 10.6. The molecule has 0 amide bonds. The first-order valence-electron chi connectivity index (χ1n) is 12.4. The van der Waals surface area contributed by atoms with Crippen molar-refractivity contribution in [1.82, 2.24) is 24.2 Å². The predicted octanol–water partition coefficient (Wildman–Crippen LogP) is 2.86. The van der Waals surface area contributed by atoms with E-state index in [1.54, 1.807) is 28.6 Å². The molecule has 0 spiro atoms. The summed E-state index contributed by atoms with van der Waals surface area (Å²) in [5, 5.41) is 13.8. The minimum atomic E-state index is -0.409. The van der Waals surface area contributed by atoms with E-state index in [0.717, 1.165) is 35.5 Å². The van der Waals surface area contributed by atoms with E-state index in [9.17, 15) is 4.79 Å². The Bertz CT molecular complexity index is 1400. The van der Waals surface area contributed by atoms with E-state index < -0.39 is 5.60 Å². The number of pyridine rings is 2. The Balaban J connectivity index is 1.42. The second kappa shape index (κ2) is 8.82. The zero-order valence-corrected chi connectivity index (χ0v) is 21.7. The normalized spacial score (nSPS) is 22.4. The lowest BCUT2D eigenvalue weighted by atomic mass is 10.0. The fraction of sp³-hybridized carbons (Fsp3) is 0.538. The van der Waals surface area contributed by atoms with E-state index in [4.69, 9.17) is 19.7 Å². The summed E-state index contributed by atoms with van der Waals surface area (Å²) < 4.78 is 15.1. The Hall–Kier alpha value is -3.58. The molecule has 0 saturated carbocycles. The topological polar surface area (TPSA) is 101 Å². The van der Waals surface area contributed by atoms with Gasteiger partial charge in [-0.3, -0.25) is 14.4 Å². The number of hydrogen-bond donors (Lipinski definition) is 0. The summed E-state index contributed by atoms with van der Waals surface area (Å²) >= 11 is 0. The maximum atomic E-state index is 12.8. The highest BCUT2D eigenvalue weighted by atomic mass is 16.6. The van der Waals surface area contributed by atoms with Crippen molar-refractivity contribution in [3.05, 3.63) is 40.4 Å². The van der Waals surface area contributed by atoms with Gasteiger partial charge in [-0.25, -0.2) is 4.98 Å². The number of ether oxygens (including phenoxy) is 2. The Morgan fingerprint density at radius 3 is 2.78 bits per heavy atom. The molecule has 190 valence electrons. The summed E-state index contributed by atoms with van der Waals surface area (Å²) in [6, 6.07) is 8.15. The standard InChI is InChI=1S/C26H33N7O3/c1-16-13-33(20-11-23(34)30(6)21-14-31(10-9-27)29-24(20)21)17(2)12-32(16)18(3)19-7-8-22-25(28-19)36-26(4,5)15-35-22/h7-8,11,14,16-18H,10,12-13,15H2,1-6H3/t16-,17+,18?/m1/s1. The van der Waals surface area contributed by atoms with Crippen LogP contribution in [0.3, 0.4) is 0 Å². The summed E-state index contributed by atoms with van der Waals surface area (Å²) in [6.45, 7) is 12.7. The molecule has 0 N–H and O–H groups in total. The minimum absolute atomic E-state index is 0.0713. The molecule has 0 radical (unpaired) electrons. The van der Waals surface area contributed by atoms with Gasteiger partial charge in [0.15, 0.2) is 5.75 Å². The van der Waals surface area contributed by atoms with Crippen LogP contribution in [0.1, 0.15) is 46.4 Å². The summed E-state index contributed by atoms with van der Waals surface area (Å²) in [7, 11) is 1.74. The number of nitrogens with zero attached hydrogens (tertiary/aromatic N) is 7. The molecule has 3 atom stereocenters. The molecule has 3 aromatic heterocycles. The first kappa shape index (κ1) is 24.1. The lowest BCUT2D eigenvalue weighted by molar-refractivity contribution is 0.0153. The van der Waals surface area contributed by atoms with Gasteiger partial charge in [0.1, 0.15) is 24.3 Å². The monoisotopic (exact) mass is 491 g/mol. The van der Waals surface area contributed by atoms with Crippen LogP contribution in [-0.2, 0) is 13.6 Å². The molecule has 5 rings (SSSR count). The van der Waals surface area contributed by atoms with Crippen LogP contribution in [0.2, 0.25) is 0 Å². The van der Waals surface area contributed by atoms with Crippen LogP contribution in [0.5, 0.6) is 11.6 Å². The van der Waals surface area contributed by atoms with Crippen molar-refractivity contribution in [3.63, 3.8) is 0 Å². The first-order valence-corrected chi connectivity index (χ1v) is 12.4. The van der Waals surface area contributed by atoms with Gasteiger partial charge < -0.3 is 18.9 Å². The molecule has 0 bridgehead atoms. The van der Waals surface area contributed by atoms with Gasteiger partial charge in [0.25, 0.3) is 11.4 Å². The molecule has 2 aliphatic heterocycles. The highest BCUT2D eigenvalue weighted by molar-refractivity contribution is 5.88. The summed E-state index contributed by atoms with van der Waals surface area (Å²) in [4.78, 5) is 22.3. The lowest BCUT2D eigenvalue weighted by Gasteiger charge is -2.47. The Kier molecular flexibility index (Phi) is 5.91. The van der Waals surface area contributed by atoms with Crippen molar-refractivity contribution in [2.45, 2.75) is 64.9 Å². The van der Waals surface area contributed by atoms with Gasteiger partial charge in [0.2, 0.25) is 0 Å². The largest absolute Gasteiger partial charge is 0.484 e. The van der Waals surface area contributed by atoms with Gasteiger partial charge in [-0.2, -0.15) is 10.4 Å². The van der Waals surface area contributed by atoms with Crippen LogP contribution in [0.25, 0.3) is 11.0 Å². The number of fused-ring (bicyclic) bond motifs is 2. The number of anilines is 1. The van der Waals surface area contributed by atoms with Crippen molar-refractivity contribution in [2.24, 2.45) is 7.05 Å². The predicted molar refractivity (Wildman–Crippen MR) is 136 cm³/mol. The molecule has 0 aromatic carbocycles. The van der Waals surface area contributed by atoms with Crippen molar-refractivity contribution >= 4 is 16.7 Å². The first-order chi connectivity index (χ1) is 17.1. The number of aromatic nitrogens is 4. The van der Waals surface area contributed by atoms with E-state index in [1.165, 1.54) is 0 Å². The fourth-order valence-corrected chi connectivity index (χ4v) is 5.21. The summed E-state index contributed by atoms with van der Waals surface area (Å²) in [5.41, 5.74) is 2.72. The average Bonchev–Trinajstić information content (AvgIpc) is 3.25.